The van der Waals surface area contributed by atoms with Gasteiger partial charge in [0, 0.05) is 18.5 Å². The standard InChI is InChI=1S/C15H23N5/c1-11(10-20-4-2-3-5-20)8-17-15-7-14-12(6-13(15)16)9-18-19-14/h6-7,9,11,17H,2-5,8,10,16H2,1H3,(H,18,19). The van der Waals surface area contributed by atoms with E-state index >= 15 is 0 Å². The molecule has 1 aliphatic rings. The molecule has 3 rings (SSSR count). The van der Waals surface area contributed by atoms with Gasteiger partial charge in [-0.1, -0.05) is 6.92 Å². The molecule has 5 nitrogen and oxygen atoms in total. The van der Waals surface area contributed by atoms with Crippen LogP contribution in [-0.4, -0.2) is 41.3 Å². The summed E-state index contributed by atoms with van der Waals surface area (Å²) in [5, 5.41) is 11.5. The van der Waals surface area contributed by atoms with Gasteiger partial charge >= 0.3 is 0 Å². The maximum atomic E-state index is 6.08. The van der Waals surface area contributed by atoms with Gasteiger partial charge in [-0.05, 0) is 44.0 Å². The molecule has 5 heteroatoms. The summed E-state index contributed by atoms with van der Waals surface area (Å²) in [6, 6.07) is 4.01. The van der Waals surface area contributed by atoms with Gasteiger partial charge in [-0.25, -0.2) is 0 Å². The highest BCUT2D eigenvalue weighted by Gasteiger charge is 2.14. The largest absolute Gasteiger partial charge is 0.397 e. The van der Waals surface area contributed by atoms with Crippen LogP contribution in [0.2, 0.25) is 0 Å². The SMILES string of the molecule is CC(CNc1cc2[nH]ncc2cc1N)CN1CCCC1. The molecule has 0 amide bonds. The summed E-state index contributed by atoms with van der Waals surface area (Å²) >= 11 is 0. The van der Waals surface area contributed by atoms with Crippen molar-refractivity contribution in [3.8, 4) is 0 Å². The number of H-pyrrole nitrogens is 1. The summed E-state index contributed by atoms with van der Waals surface area (Å²) in [6.07, 6.45) is 4.50. The lowest BCUT2D eigenvalue weighted by Gasteiger charge is -2.21. The molecular weight excluding hydrogens is 250 g/mol. The third-order valence-corrected chi connectivity index (χ3v) is 4.02. The number of nitrogens with two attached hydrogens (primary N) is 1. The van der Waals surface area contributed by atoms with Crippen molar-refractivity contribution < 1.29 is 0 Å². The maximum absolute atomic E-state index is 6.08. The molecule has 1 aromatic heterocycles. The molecule has 0 spiro atoms. The van der Waals surface area contributed by atoms with E-state index in [-0.39, 0.29) is 0 Å². The number of benzene rings is 1. The van der Waals surface area contributed by atoms with Crippen molar-refractivity contribution in [2.75, 3.05) is 37.2 Å². The van der Waals surface area contributed by atoms with Crippen molar-refractivity contribution in [3.05, 3.63) is 18.3 Å². The molecule has 1 fully saturated rings. The lowest BCUT2D eigenvalue weighted by atomic mass is 10.1. The van der Waals surface area contributed by atoms with Crippen LogP contribution in [0.15, 0.2) is 18.3 Å². The Kier molecular flexibility index (Phi) is 3.78. The Labute approximate surface area is 119 Å². The van der Waals surface area contributed by atoms with Crippen molar-refractivity contribution >= 4 is 22.3 Å². The number of nitrogens with one attached hydrogen (secondary N) is 2. The van der Waals surface area contributed by atoms with Crippen molar-refractivity contribution in [2.45, 2.75) is 19.8 Å². The van der Waals surface area contributed by atoms with Crippen LogP contribution in [0.3, 0.4) is 0 Å². The summed E-state index contributed by atoms with van der Waals surface area (Å²) in [5.74, 6) is 0.616. The molecule has 0 bridgehead atoms. The predicted octanol–water partition coefficient (Wildman–Crippen LogP) is 2.29. The van der Waals surface area contributed by atoms with Crippen LogP contribution in [0.4, 0.5) is 11.4 Å². The Morgan fingerprint density at radius 2 is 2.20 bits per heavy atom. The van der Waals surface area contributed by atoms with E-state index in [2.05, 4.69) is 27.3 Å². The third kappa shape index (κ3) is 2.88. The van der Waals surface area contributed by atoms with Gasteiger partial charge in [0.15, 0.2) is 0 Å². The minimum absolute atomic E-state index is 0.616. The van der Waals surface area contributed by atoms with Crippen LogP contribution in [0, 0.1) is 5.92 Å². The van der Waals surface area contributed by atoms with Crippen molar-refractivity contribution in [1.82, 2.24) is 15.1 Å². The number of rotatable bonds is 5. The number of hydrogen-bond donors (Lipinski definition) is 3. The molecule has 4 N–H and O–H groups in total. The fourth-order valence-electron chi connectivity index (χ4n) is 2.92. The average molecular weight is 273 g/mol. The molecule has 20 heavy (non-hydrogen) atoms. The highest BCUT2D eigenvalue weighted by molar-refractivity contribution is 5.88. The van der Waals surface area contributed by atoms with Crippen LogP contribution in [0.25, 0.3) is 10.9 Å². The quantitative estimate of drug-likeness (QED) is 0.731. The number of likely N-dealkylation sites (tertiary alicyclic amines) is 1. The maximum Gasteiger partial charge on any atom is 0.0672 e. The lowest BCUT2D eigenvalue weighted by Crippen LogP contribution is -2.29. The number of hydrogen-bond acceptors (Lipinski definition) is 4. The molecule has 0 radical (unpaired) electrons. The highest BCUT2D eigenvalue weighted by atomic mass is 15.1. The second kappa shape index (κ2) is 5.71. The Morgan fingerprint density at radius 1 is 1.40 bits per heavy atom. The molecule has 0 aliphatic carbocycles. The molecule has 1 unspecified atom stereocenters. The van der Waals surface area contributed by atoms with E-state index in [9.17, 15) is 0 Å². The van der Waals surface area contributed by atoms with Crippen LogP contribution in [0.1, 0.15) is 19.8 Å². The number of anilines is 2. The van der Waals surface area contributed by atoms with E-state index < -0.39 is 0 Å². The van der Waals surface area contributed by atoms with Gasteiger partial charge < -0.3 is 16.0 Å². The predicted molar refractivity (Wildman–Crippen MR) is 83.8 cm³/mol. The molecule has 2 heterocycles. The van der Waals surface area contributed by atoms with E-state index in [1.807, 2.05) is 12.1 Å². The van der Waals surface area contributed by atoms with Gasteiger partial charge in [0.05, 0.1) is 23.1 Å². The summed E-state index contributed by atoms with van der Waals surface area (Å²) < 4.78 is 0. The number of fused-ring (bicyclic) bond motifs is 1. The van der Waals surface area contributed by atoms with Crippen LogP contribution in [0.5, 0.6) is 0 Å². The highest BCUT2D eigenvalue weighted by Crippen LogP contribution is 2.24. The summed E-state index contributed by atoms with van der Waals surface area (Å²) in [6.45, 7) is 6.91. The molecule has 1 saturated heterocycles. The van der Waals surface area contributed by atoms with Crippen molar-refractivity contribution in [3.63, 3.8) is 0 Å². The molecular formula is C15H23N5. The zero-order valence-electron chi connectivity index (χ0n) is 12.0. The minimum atomic E-state index is 0.616. The Hall–Kier alpha value is -1.75. The van der Waals surface area contributed by atoms with Crippen molar-refractivity contribution in [2.24, 2.45) is 5.92 Å². The first-order chi connectivity index (χ1) is 9.72. The first-order valence-electron chi connectivity index (χ1n) is 7.41. The van der Waals surface area contributed by atoms with Gasteiger partial charge in [-0.15, -0.1) is 0 Å². The first-order valence-corrected chi connectivity index (χ1v) is 7.41. The van der Waals surface area contributed by atoms with Crippen LogP contribution < -0.4 is 11.1 Å². The zero-order chi connectivity index (χ0) is 13.9. The summed E-state index contributed by atoms with van der Waals surface area (Å²) in [5.41, 5.74) is 8.88. The number of aromatic amines is 1. The molecule has 1 aromatic carbocycles. The summed E-state index contributed by atoms with van der Waals surface area (Å²) in [7, 11) is 0. The molecule has 1 aliphatic heterocycles. The monoisotopic (exact) mass is 273 g/mol. The fourth-order valence-corrected chi connectivity index (χ4v) is 2.92. The summed E-state index contributed by atoms with van der Waals surface area (Å²) in [4.78, 5) is 2.55. The average Bonchev–Trinajstić information content (AvgIpc) is 3.06. The Bertz CT molecular complexity index is 571. The van der Waals surface area contributed by atoms with E-state index in [0.717, 1.165) is 28.8 Å². The Balaban J connectivity index is 1.59. The van der Waals surface area contributed by atoms with Gasteiger partial charge in [-0.2, -0.15) is 5.10 Å². The second-order valence-corrected chi connectivity index (χ2v) is 5.89. The van der Waals surface area contributed by atoms with E-state index in [4.69, 9.17) is 5.73 Å². The topological polar surface area (TPSA) is 70.0 Å². The number of nitrogen functional groups attached to an aromatic ring is 1. The smallest absolute Gasteiger partial charge is 0.0672 e. The minimum Gasteiger partial charge on any atom is -0.397 e. The van der Waals surface area contributed by atoms with Crippen molar-refractivity contribution in [1.29, 1.82) is 0 Å². The van der Waals surface area contributed by atoms with E-state index in [1.165, 1.54) is 32.5 Å². The molecule has 0 saturated carbocycles. The van der Waals surface area contributed by atoms with Gasteiger partial charge in [0.1, 0.15) is 0 Å². The third-order valence-electron chi connectivity index (χ3n) is 4.02. The molecule has 108 valence electrons. The van der Waals surface area contributed by atoms with Gasteiger partial charge in [-0.3, -0.25) is 5.10 Å². The van der Waals surface area contributed by atoms with Gasteiger partial charge in [0.25, 0.3) is 0 Å². The van der Waals surface area contributed by atoms with E-state index in [0.29, 0.717) is 5.92 Å². The van der Waals surface area contributed by atoms with E-state index in [1.54, 1.807) is 6.20 Å². The second-order valence-electron chi connectivity index (χ2n) is 5.89. The lowest BCUT2D eigenvalue weighted by molar-refractivity contribution is 0.294. The zero-order valence-corrected chi connectivity index (χ0v) is 12.0. The van der Waals surface area contributed by atoms with Gasteiger partial charge in [0.2, 0.25) is 0 Å². The molecule has 2 aromatic rings. The first kappa shape index (κ1) is 13.2. The number of aromatic nitrogens is 2. The van der Waals surface area contributed by atoms with Crippen LogP contribution >= 0.6 is 0 Å². The van der Waals surface area contributed by atoms with Crippen LogP contribution in [-0.2, 0) is 0 Å². The number of nitrogens with zero attached hydrogens (tertiary/aromatic N) is 2. The molecule has 1 atom stereocenters. The normalized spacial score (nSPS) is 17.6. The Morgan fingerprint density at radius 3 is 3.00 bits per heavy atom. The fraction of sp³-hybridized carbons (Fsp3) is 0.533.